The zero-order chi connectivity index (χ0) is 19.0. The number of nitrogens with zero attached hydrogens (tertiary/aromatic N) is 2. The molecule has 4 rings (SSSR count). The second-order valence-corrected chi connectivity index (χ2v) is 6.67. The van der Waals surface area contributed by atoms with E-state index in [1.807, 2.05) is 17.0 Å². The Morgan fingerprint density at radius 3 is 2.78 bits per heavy atom. The van der Waals surface area contributed by atoms with E-state index in [1.54, 1.807) is 24.3 Å². The summed E-state index contributed by atoms with van der Waals surface area (Å²) in [5.41, 5.74) is 8.85. The van der Waals surface area contributed by atoms with Crippen LogP contribution in [0.15, 0.2) is 47.3 Å². The molecule has 0 aliphatic carbocycles. The van der Waals surface area contributed by atoms with E-state index in [2.05, 4.69) is 9.97 Å². The van der Waals surface area contributed by atoms with Gasteiger partial charge in [-0.2, -0.15) is 0 Å². The average molecular weight is 366 g/mol. The number of phenolic OH excluding ortho intramolecular Hbond substituents is 1. The number of aromatic amines is 1. The Kier molecular flexibility index (Phi) is 4.37. The number of hydrogen-bond acceptors (Lipinski definition) is 5. The number of phenols is 1. The van der Waals surface area contributed by atoms with Gasteiger partial charge >= 0.3 is 0 Å². The molecule has 0 radical (unpaired) electrons. The van der Waals surface area contributed by atoms with Crippen molar-refractivity contribution in [3.63, 3.8) is 0 Å². The smallest absolute Gasteiger partial charge is 0.255 e. The molecule has 0 spiro atoms. The van der Waals surface area contributed by atoms with E-state index < -0.39 is 5.82 Å². The molecule has 1 aromatic heterocycles. The predicted molar refractivity (Wildman–Crippen MR) is 101 cm³/mol. The van der Waals surface area contributed by atoms with Gasteiger partial charge < -0.3 is 15.8 Å². The first-order chi connectivity index (χ1) is 13.0. The highest BCUT2D eigenvalue weighted by molar-refractivity contribution is 5.58. The quantitative estimate of drug-likeness (QED) is 0.619. The first-order valence-electron chi connectivity index (χ1n) is 8.68. The third kappa shape index (κ3) is 3.41. The van der Waals surface area contributed by atoms with Crippen LogP contribution in [0.3, 0.4) is 0 Å². The minimum Gasteiger partial charge on any atom is -0.505 e. The lowest BCUT2D eigenvalue weighted by Crippen LogP contribution is -2.35. The summed E-state index contributed by atoms with van der Waals surface area (Å²) in [6.45, 7) is 1.43. The molecule has 7 heteroatoms. The number of hydrogen-bond donors (Lipinski definition) is 3. The Balaban J connectivity index is 1.59. The van der Waals surface area contributed by atoms with Crippen molar-refractivity contribution in [1.29, 1.82) is 0 Å². The van der Waals surface area contributed by atoms with Gasteiger partial charge in [0.2, 0.25) is 0 Å². The van der Waals surface area contributed by atoms with Crippen LogP contribution in [0.4, 0.5) is 10.1 Å². The lowest BCUT2D eigenvalue weighted by Gasteiger charge is -2.28. The number of rotatable bonds is 3. The van der Waals surface area contributed by atoms with E-state index in [4.69, 9.17) is 5.73 Å². The highest BCUT2D eigenvalue weighted by Gasteiger charge is 2.22. The zero-order valence-corrected chi connectivity index (χ0v) is 14.6. The maximum absolute atomic E-state index is 13.5. The van der Waals surface area contributed by atoms with E-state index in [-0.39, 0.29) is 11.3 Å². The van der Waals surface area contributed by atoms with Gasteiger partial charge in [0.1, 0.15) is 5.82 Å². The molecular weight excluding hydrogens is 347 g/mol. The Morgan fingerprint density at radius 1 is 1.22 bits per heavy atom. The molecule has 3 aromatic rings. The van der Waals surface area contributed by atoms with Gasteiger partial charge in [0, 0.05) is 42.9 Å². The molecule has 0 saturated heterocycles. The van der Waals surface area contributed by atoms with Crippen LogP contribution in [0, 0.1) is 5.82 Å². The van der Waals surface area contributed by atoms with E-state index in [1.165, 1.54) is 6.07 Å². The highest BCUT2D eigenvalue weighted by atomic mass is 19.1. The molecule has 0 fully saturated rings. The summed E-state index contributed by atoms with van der Waals surface area (Å²) < 4.78 is 13.5. The fraction of sp³-hybridized carbons (Fsp3) is 0.200. The Hall–Kier alpha value is -3.19. The van der Waals surface area contributed by atoms with Crippen molar-refractivity contribution in [1.82, 2.24) is 14.9 Å². The topological polar surface area (TPSA) is 95.2 Å². The maximum atomic E-state index is 13.5. The van der Waals surface area contributed by atoms with E-state index in [9.17, 15) is 14.3 Å². The molecule has 2 aromatic carbocycles. The molecule has 1 aliphatic heterocycles. The van der Waals surface area contributed by atoms with Gasteiger partial charge in [-0.05, 0) is 30.3 Å². The van der Waals surface area contributed by atoms with E-state index in [0.29, 0.717) is 48.7 Å². The van der Waals surface area contributed by atoms with Crippen LogP contribution in [0.5, 0.6) is 5.75 Å². The van der Waals surface area contributed by atoms with Crippen molar-refractivity contribution in [2.45, 2.75) is 19.5 Å². The zero-order valence-electron chi connectivity index (χ0n) is 14.6. The van der Waals surface area contributed by atoms with Crippen LogP contribution in [0.1, 0.15) is 16.8 Å². The van der Waals surface area contributed by atoms with Crippen LogP contribution < -0.4 is 11.3 Å². The number of aromatic nitrogens is 2. The van der Waals surface area contributed by atoms with Crippen LogP contribution in [0.25, 0.3) is 11.4 Å². The van der Waals surface area contributed by atoms with Crippen molar-refractivity contribution in [2.24, 2.45) is 0 Å². The second-order valence-electron chi connectivity index (χ2n) is 6.67. The fourth-order valence-electron chi connectivity index (χ4n) is 3.32. The van der Waals surface area contributed by atoms with Crippen molar-refractivity contribution >= 4 is 5.69 Å². The predicted octanol–water partition coefficient (Wildman–Crippen LogP) is 2.42. The molecule has 6 nitrogen and oxygen atoms in total. The Labute approximate surface area is 155 Å². The summed E-state index contributed by atoms with van der Waals surface area (Å²) in [7, 11) is 0. The monoisotopic (exact) mass is 366 g/mol. The van der Waals surface area contributed by atoms with Gasteiger partial charge in [0.25, 0.3) is 5.56 Å². The largest absolute Gasteiger partial charge is 0.505 e. The maximum Gasteiger partial charge on any atom is 0.255 e. The standard InChI is InChI=1S/C20H19FN4O2/c21-16-3-1-2-13(18(16)26)10-25-9-8-17-15(11-25)20(27)24-19(23-17)12-4-6-14(22)7-5-12/h1-7,26H,8-11,22H2,(H,23,24,27). The SMILES string of the molecule is Nc1ccc(-c2nc3c(c(=O)[nH]2)CN(Cc2cccc(F)c2O)CC3)cc1. The van der Waals surface area contributed by atoms with Gasteiger partial charge in [-0.15, -0.1) is 0 Å². The highest BCUT2D eigenvalue weighted by Crippen LogP contribution is 2.25. The van der Waals surface area contributed by atoms with Gasteiger partial charge in [-0.1, -0.05) is 12.1 Å². The molecule has 1 aliphatic rings. The summed E-state index contributed by atoms with van der Waals surface area (Å²) in [6, 6.07) is 11.6. The first kappa shape index (κ1) is 17.2. The van der Waals surface area contributed by atoms with Crippen LogP contribution >= 0.6 is 0 Å². The number of para-hydroxylation sites is 1. The lowest BCUT2D eigenvalue weighted by molar-refractivity contribution is 0.238. The normalized spacial score (nSPS) is 14.1. The molecule has 0 unspecified atom stereocenters. The Bertz CT molecular complexity index is 1050. The van der Waals surface area contributed by atoms with Gasteiger partial charge in [-0.3, -0.25) is 9.69 Å². The number of nitrogens with two attached hydrogens (primary N) is 1. The molecule has 0 saturated carbocycles. The molecule has 0 bridgehead atoms. The third-order valence-electron chi connectivity index (χ3n) is 4.80. The average Bonchev–Trinajstić information content (AvgIpc) is 2.66. The van der Waals surface area contributed by atoms with Crippen molar-refractivity contribution in [2.75, 3.05) is 12.3 Å². The van der Waals surface area contributed by atoms with Gasteiger partial charge in [0.15, 0.2) is 11.6 Å². The molecular formula is C20H19FN4O2. The van der Waals surface area contributed by atoms with Crippen LogP contribution in [0.2, 0.25) is 0 Å². The second kappa shape index (κ2) is 6.85. The lowest BCUT2D eigenvalue weighted by atomic mass is 10.0. The number of anilines is 1. The minimum atomic E-state index is -0.641. The van der Waals surface area contributed by atoms with Gasteiger partial charge in [0.05, 0.1) is 11.3 Å². The number of benzene rings is 2. The minimum absolute atomic E-state index is 0.181. The number of fused-ring (bicyclic) bond motifs is 1. The van der Waals surface area contributed by atoms with Crippen molar-refractivity contribution in [3.05, 3.63) is 75.5 Å². The molecule has 2 heterocycles. The first-order valence-corrected chi connectivity index (χ1v) is 8.68. The molecule has 4 N–H and O–H groups in total. The summed E-state index contributed by atoms with van der Waals surface area (Å²) >= 11 is 0. The van der Waals surface area contributed by atoms with Crippen molar-refractivity contribution < 1.29 is 9.50 Å². The summed E-state index contributed by atoms with van der Waals surface area (Å²) in [5.74, 6) is -0.457. The van der Waals surface area contributed by atoms with Crippen LogP contribution in [-0.2, 0) is 19.5 Å². The van der Waals surface area contributed by atoms with Gasteiger partial charge in [-0.25, -0.2) is 9.37 Å². The van der Waals surface area contributed by atoms with Crippen LogP contribution in [-0.4, -0.2) is 26.5 Å². The molecule has 27 heavy (non-hydrogen) atoms. The number of nitrogen functional groups attached to an aromatic ring is 1. The fourth-order valence-corrected chi connectivity index (χ4v) is 3.32. The van der Waals surface area contributed by atoms with E-state index in [0.717, 1.165) is 11.3 Å². The third-order valence-corrected chi connectivity index (χ3v) is 4.80. The molecule has 0 atom stereocenters. The molecule has 0 amide bonds. The summed E-state index contributed by atoms with van der Waals surface area (Å²) in [4.78, 5) is 22.0. The Morgan fingerprint density at radius 2 is 2.00 bits per heavy atom. The number of aromatic hydroxyl groups is 1. The number of nitrogens with one attached hydrogen (secondary N) is 1. The molecule has 138 valence electrons. The summed E-state index contributed by atoms with van der Waals surface area (Å²) in [6.07, 6.45) is 0.608. The summed E-state index contributed by atoms with van der Waals surface area (Å²) in [5, 5.41) is 9.87. The number of halogens is 1. The van der Waals surface area contributed by atoms with Crippen molar-refractivity contribution in [3.8, 4) is 17.1 Å². The number of H-pyrrole nitrogens is 1. The van der Waals surface area contributed by atoms with E-state index >= 15 is 0 Å².